The second-order valence-electron chi connectivity index (χ2n) is 8.43. The molecule has 0 aliphatic carbocycles. The number of benzene rings is 2. The third kappa shape index (κ3) is 4.90. The number of nitrogens with one attached hydrogen (secondary N) is 1. The minimum atomic E-state index is -0.481. The van der Waals surface area contributed by atoms with Crippen molar-refractivity contribution in [3.05, 3.63) is 64.2 Å². The second kappa shape index (κ2) is 9.80. The molecule has 2 aliphatic rings. The highest BCUT2D eigenvalue weighted by atomic mass is 16.6. The summed E-state index contributed by atoms with van der Waals surface area (Å²) >= 11 is 0. The predicted molar refractivity (Wildman–Crippen MR) is 122 cm³/mol. The SMILES string of the molecule is O=C(c1ccc(Nc2ccccc2)c([N+](=O)[O-])c1)N1CCC(C(=O)N2CCCCC2)CC1. The molecule has 0 atom stereocenters. The maximum atomic E-state index is 13.0. The molecule has 2 aromatic carbocycles. The van der Waals surface area contributed by atoms with Crippen LogP contribution < -0.4 is 5.32 Å². The smallest absolute Gasteiger partial charge is 0.293 e. The van der Waals surface area contributed by atoms with E-state index in [-0.39, 0.29) is 29.0 Å². The molecule has 0 bridgehead atoms. The number of piperidine rings is 2. The van der Waals surface area contributed by atoms with E-state index >= 15 is 0 Å². The third-order valence-corrected chi connectivity index (χ3v) is 6.29. The summed E-state index contributed by atoms with van der Waals surface area (Å²) in [5, 5.41) is 14.7. The topological polar surface area (TPSA) is 95.8 Å². The first-order valence-corrected chi connectivity index (χ1v) is 11.2. The van der Waals surface area contributed by atoms with Gasteiger partial charge in [0, 0.05) is 49.4 Å². The lowest BCUT2D eigenvalue weighted by Gasteiger charge is -2.35. The highest BCUT2D eigenvalue weighted by molar-refractivity contribution is 5.96. The van der Waals surface area contributed by atoms with Gasteiger partial charge in [0.25, 0.3) is 11.6 Å². The van der Waals surface area contributed by atoms with Crippen molar-refractivity contribution in [1.82, 2.24) is 9.80 Å². The van der Waals surface area contributed by atoms with Crippen LogP contribution in [0.3, 0.4) is 0 Å². The number of nitro benzene ring substituents is 1. The number of nitrogens with zero attached hydrogens (tertiary/aromatic N) is 3. The van der Waals surface area contributed by atoms with Gasteiger partial charge in [-0.05, 0) is 56.4 Å². The summed E-state index contributed by atoms with van der Waals surface area (Å²) < 4.78 is 0. The molecule has 0 spiro atoms. The molecule has 168 valence electrons. The molecule has 2 aromatic rings. The molecule has 8 nitrogen and oxygen atoms in total. The summed E-state index contributed by atoms with van der Waals surface area (Å²) in [5.41, 5.74) is 1.21. The fourth-order valence-electron chi connectivity index (χ4n) is 4.48. The van der Waals surface area contributed by atoms with Gasteiger partial charge in [0.15, 0.2) is 0 Å². The van der Waals surface area contributed by atoms with E-state index in [1.165, 1.54) is 12.5 Å². The summed E-state index contributed by atoms with van der Waals surface area (Å²) in [4.78, 5) is 40.6. The average molecular weight is 437 g/mol. The van der Waals surface area contributed by atoms with Crippen LogP contribution in [0.5, 0.6) is 0 Å². The van der Waals surface area contributed by atoms with Crippen molar-refractivity contribution in [2.24, 2.45) is 5.92 Å². The van der Waals surface area contributed by atoms with Crippen molar-refractivity contribution in [2.75, 3.05) is 31.5 Å². The van der Waals surface area contributed by atoms with Crippen LogP contribution in [0.4, 0.5) is 17.1 Å². The van der Waals surface area contributed by atoms with E-state index in [1.54, 1.807) is 17.0 Å². The molecule has 4 rings (SSSR count). The average Bonchev–Trinajstić information content (AvgIpc) is 2.84. The molecule has 2 heterocycles. The molecule has 32 heavy (non-hydrogen) atoms. The Bertz CT molecular complexity index is 981. The minimum Gasteiger partial charge on any atom is -0.350 e. The number of rotatable bonds is 5. The first-order valence-electron chi connectivity index (χ1n) is 11.2. The normalized spacial score (nSPS) is 17.1. The Morgan fingerprint density at radius 3 is 2.25 bits per heavy atom. The highest BCUT2D eigenvalue weighted by Gasteiger charge is 2.31. The zero-order valence-electron chi connectivity index (χ0n) is 18.0. The Balaban J connectivity index is 1.41. The molecular formula is C24H28N4O4. The van der Waals surface area contributed by atoms with Crippen LogP contribution in [0.25, 0.3) is 0 Å². The monoisotopic (exact) mass is 436 g/mol. The Labute approximate surface area is 187 Å². The summed E-state index contributed by atoms with van der Waals surface area (Å²) in [6.45, 7) is 2.65. The van der Waals surface area contributed by atoms with Crippen LogP contribution in [-0.2, 0) is 4.79 Å². The molecule has 0 saturated carbocycles. The first-order chi connectivity index (χ1) is 15.5. The first kappa shape index (κ1) is 21.8. The van der Waals surface area contributed by atoms with E-state index in [4.69, 9.17) is 0 Å². The minimum absolute atomic E-state index is 0.0380. The molecule has 0 aromatic heterocycles. The van der Waals surface area contributed by atoms with Gasteiger partial charge in [0.1, 0.15) is 5.69 Å². The standard InChI is InChI=1S/C24H28N4O4/c29-23(26-13-5-2-6-14-26)18-11-15-27(16-12-18)24(30)19-9-10-21(22(17-19)28(31)32)25-20-7-3-1-4-8-20/h1,3-4,7-10,17-18,25H,2,5-6,11-16H2. The number of para-hydroxylation sites is 1. The summed E-state index contributed by atoms with van der Waals surface area (Å²) in [6, 6.07) is 13.7. The van der Waals surface area contributed by atoms with Crippen molar-refractivity contribution in [3.63, 3.8) is 0 Å². The summed E-state index contributed by atoms with van der Waals surface area (Å²) in [7, 11) is 0. The van der Waals surface area contributed by atoms with Crippen molar-refractivity contribution in [1.29, 1.82) is 0 Å². The number of carbonyl (C=O) groups excluding carboxylic acids is 2. The van der Waals surface area contributed by atoms with E-state index in [9.17, 15) is 19.7 Å². The van der Waals surface area contributed by atoms with E-state index in [0.717, 1.165) is 31.6 Å². The summed E-state index contributed by atoms with van der Waals surface area (Å²) in [5.74, 6) is -0.0593. The molecular weight excluding hydrogens is 408 g/mol. The van der Waals surface area contributed by atoms with Gasteiger partial charge in [-0.2, -0.15) is 0 Å². The number of anilines is 2. The molecule has 8 heteroatoms. The fourth-order valence-corrected chi connectivity index (χ4v) is 4.48. The number of carbonyl (C=O) groups is 2. The summed E-state index contributed by atoms with van der Waals surface area (Å²) in [6.07, 6.45) is 4.59. The maximum absolute atomic E-state index is 13.0. The number of hydrogen-bond donors (Lipinski definition) is 1. The van der Waals surface area contributed by atoms with Crippen molar-refractivity contribution in [3.8, 4) is 0 Å². The van der Waals surface area contributed by atoms with E-state index in [1.807, 2.05) is 35.2 Å². The quantitative estimate of drug-likeness (QED) is 0.560. The van der Waals surface area contributed by atoms with Gasteiger partial charge >= 0.3 is 0 Å². The van der Waals surface area contributed by atoms with Gasteiger partial charge in [0.2, 0.25) is 5.91 Å². The van der Waals surface area contributed by atoms with Crippen LogP contribution in [0.15, 0.2) is 48.5 Å². The van der Waals surface area contributed by atoms with Gasteiger partial charge < -0.3 is 15.1 Å². The largest absolute Gasteiger partial charge is 0.350 e. The number of amides is 2. The molecule has 0 unspecified atom stereocenters. The predicted octanol–water partition coefficient (Wildman–Crippen LogP) is 4.20. The van der Waals surface area contributed by atoms with Gasteiger partial charge in [-0.15, -0.1) is 0 Å². The second-order valence-corrected chi connectivity index (χ2v) is 8.43. The molecule has 2 aliphatic heterocycles. The maximum Gasteiger partial charge on any atom is 0.293 e. The van der Waals surface area contributed by atoms with Crippen molar-refractivity contribution in [2.45, 2.75) is 32.1 Å². The highest BCUT2D eigenvalue weighted by Crippen LogP contribution is 2.30. The van der Waals surface area contributed by atoms with E-state index < -0.39 is 4.92 Å². The lowest BCUT2D eigenvalue weighted by atomic mass is 9.94. The molecule has 2 amide bonds. The van der Waals surface area contributed by atoms with Crippen LogP contribution in [0, 0.1) is 16.0 Å². The van der Waals surface area contributed by atoms with Gasteiger partial charge in [-0.25, -0.2) is 0 Å². The van der Waals surface area contributed by atoms with E-state index in [2.05, 4.69) is 5.32 Å². The van der Waals surface area contributed by atoms with Crippen LogP contribution in [-0.4, -0.2) is 52.7 Å². The number of likely N-dealkylation sites (tertiary alicyclic amines) is 2. The van der Waals surface area contributed by atoms with E-state index in [0.29, 0.717) is 31.6 Å². The Hall–Kier alpha value is -3.42. The fraction of sp³-hybridized carbons (Fsp3) is 0.417. The lowest BCUT2D eigenvalue weighted by molar-refractivity contribution is -0.383. The zero-order valence-corrected chi connectivity index (χ0v) is 18.0. The number of hydrogen-bond acceptors (Lipinski definition) is 5. The lowest BCUT2D eigenvalue weighted by Crippen LogP contribution is -2.45. The van der Waals surface area contributed by atoms with Gasteiger partial charge in [-0.3, -0.25) is 19.7 Å². The zero-order chi connectivity index (χ0) is 22.5. The van der Waals surface area contributed by atoms with Crippen molar-refractivity contribution < 1.29 is 14.5 Å². The third-order valence-electron chi connectivity index (χ3n) is 6.29. The Morgan fingerprint density at radius 1 is 0.906 bits per heavy atom. The Morgan fingerprint density at radius 2 is 1.59 bits per heavy atom. The van der Waals surface area contributed by atoms with Crippen LogP contribution in [0.1, 0.15) is 42.5 Å². The molecule has 0 radical (unpaired) electrons. The van der Waals surface area contributed by atoms with Crippen LogP contribution >= 0.6 is 0 Å². The molecule has 2 saturated heterocycles. The van der Waals surface area contributed by atoms with Gasteiger partial charge in [0.05, 0.1) is 4.92 Å². The Kier molecular flexibility index (Phi) is 6.68. The number of nitro groups is 1. The van der Waals surface area contributed by atoms with Crippen molar-refractivity contribution >= 4 is 28.9 Å². The molecule has 2 fully saturated rings. The molecule has 1 N–H and O–H groups in total. The van der Waals surface area contributed by atoms with Gasteiger partial charge in [-0.1, -0.05) is 18.2 Å². The van der Waals surface area contributed by atoms with Crippen LogP contribution in [0.2, 0.25) is 0 Å².